The van der Waals surface area contributed by atoms with Crippen LogP contribution in [0.15, 0.2) is 22.9 Å². The molecule has 0 aromatic carbocycles. The van der Waals surface area contributed by atoms with Crippen LogP contribution in [0.25, 0.3) is 0 Å². The topological polar surface area (TPSA) is 24.9 Å². The van der Waals surface area contributed by atoms with Gasteiger partial charge in [-0.3, -0.25) is 4.98 Å². The lowest BCUT2D eigenvalue weighted by molar-refractivity contribution is 0.766. The summed E-state index contributed by atoms with van der Waals surface area (Å²) in [6.07, 6.45) is 8.65. The smallest absolute Gasteiger partial charge is 0.0576 e. The molecule has 0 saturated carbocycles. The van der Waals surface area contributed by atoms with Crippen LogP contribution in [0, 0.1) is 12.3 Å². The third kappa shape index (κ3) is 3.04. The molecule has 0 spiro atoms. The molecule has 3 heteroatoms. The Labute approximate surface area is 80.5 Å². The van der Waals surface area contributed by atoms with Crippen LogP contribution in [0.5, 0.6) is 0 Å². The quantitative estimate of drug-likeness (QED) is 0.623. The van der Waals surface area contributed by atoms with Crippen molar-refractivity contribution >= 4 is 15.9 Å². The van der Waals surface area contributed by atoms with Gasteiger partial charge in [-0.2, -0.15) is 0 Å². The Bertz CT molecular complexity index is 291. The van der Waals surface area contributed by atoms with Crippen LogP contribution in [0.4, 0.5) is 0 Å². The highest BCUT2D eigenvalue weighted by Gasteiger charge is 1.92. The summed E-state index contributed by atoms with van der Waals surface area (Å²) in [7, 11) is 0. The van der Waals surface area contributed by atoms with Gasteiger partial charge in [-0.25, -0.2) is 0 Å². The van der Waals surface area contributed by atoms with E-state index in [4.69, 9.17) is 6.42 Å². The molecule has 0 bridgehead atoms. The van der Waals surface area contributed by atoms with Crippen LogP contribution < -0.4 is 5.32 Å². The Morgan fingerprint density at radius 1 is 1.58 bits per heavy atom. The van der Waals surface area contributed by atoms with Gasteiger partial charge in [0.25, 0.3) is 0 Å². The van der Waals surface area contributed by atoms with Crippen molar-refractivity contribution in [1.82, 2.24) is 10.3 Å². The molecule has 2 nitrogen and oxygen atoms in total. The Morgan fingerprint density at radius 3 is 3.08 bits per heavy atom. The Morgan fingerprint density at radius 2 is 2.42 bits per heavy atom. The number of rotatable bonds is 3. The van der Waals surface area contributed by atoms with E-state index in [0.717, 1.165) is 16.6 Å². The maximum Gasteiger partial charge on any atom is 0.0576 e. The van der Waals surface area contributed by atoms with Gasteiger partial charge in [0, 0.05) is 23.4 Å². The lowest BCUT2D eigenvalue weighted by atomic mass is 10.3. The molecule has 0 aliphatic rings. The van der Waals surface area contributed by atoms with Crippen molar-refractivity contribution < 1.29 is 0 Å². The van der Waals surface area contributed by atoms with Gasteiger partial charge in [-0.1, -0.05) is 5.92 Å². The molecule has 1 aromatic heterocycles. The summed E-state index contributed by atoms with van der Waals surface area (Å²) in [4.78, 5) is 4.02. The molecule has 62 valence electrons. The van der Waals surface area contributed by atoms with Gasteiger partial charge < -0.3 is 5.32 Å². The van der Waals surface area contributed by atoms with E-state index in [1.165, 1.54) is 0 Å². The summed E-state index contributed by atoms with van der Waals surface area (Å²) in [5, 5.41) is 3.08. The van der Waals surface area contributed by atoms with Gasteiger partial charge in [0.15, 0.2) is 0 Å². The maximum absolute atomic E-state index is 5.09. The minimum atomic E-state index is 0.590. The Kier molecular flexibility index (Phi) is 3.78. The monoisotopic (exact) mass is 224 g/mol. The highest BCUT2D eigenvalue weighted by Crippen LogP contribution is 2.08. The zero-order valence-corrected chi connectivity index (χ0v) is 8.13. The van der Waals surface area contributed by atoms with Crippen molar-refractivity contribution in [2.45, 2.75) is 6.54 Å². The van der Waals surface area contributed by atoms with Crippen molar-refractivity contribution in [2.75, 3.05) is 6.54 Å². The fraction of sp³-hybridized carbons (Fsp3) is 0.222. The molecule has 1 aromatic rings. The highest BCUT2D eigenvalue weighted by atomic mass is 79.9. The zero-order valence-electron chi connectivity index (χ0n) is 6.55. The molecule has 12 heavy (non-hydrogen) atoms. The number of nitrogens with zero attached hydrogens (tertiary/aromatic N) is 1. The molecule has 0 aliphatic carbocycles. The van der Waals surface area contributed by atoms with Gasteiger partial charge >= 0.3 is 0 Å². The zero-order chi connectivity index (χ0) is 8.81. The summed E-state index contributed by atoms with van der Waals surface area (Å²) in [5.74, 6) is 2.51. The number of hydrogen-bond acceptors (Lipinski definition) is 2. The summed E-state index contributed by atoms with van der Waals surface area (Å²) in [6.45, 7) is 1.35. The van der Waals surface area contributed by atoms with E-state index in [0.29, 0.717) is 6.54 Å². The molecule has 0 amide bonds. The van der Waals surface area contributed by atoms with Crippen LogP contribution in [-0.4, -0.2) is 11.5 Å². The summed E-state index contributed by atoms with van der Waals surface area (Å²) in [6, 6.07) is 2.01. The first-order valence-electron chi connectivity index (χ1n) is 3.56. The average molecular weight is 225 g/mol. The summed E-state index contributed by atoms with van der Waals surface area (Å²) >= 11 is 3.34. The SMILES string of the molecule is C#CCNCc1cncc(Br)c1. The molecule has 0 radical (unpaired) electrons. The average Bonchev–Trinajstić information content (AvgIpc) is 2.05. The molecule has 0 unspecified atom stereocenters. The lowest BCUT2D eigenvalue weighted by Gasteiger charge is -2.00. The second-order valence-electron chi connectivity index (χ2n) is 2.32. The van der Waals surface area contributed by atoms with Gasteiger partial charge in [-0.05, 0) is 27.6 Å². The van der Waals surface area contributed by atoms with E-state index in [1.807, 2.05) is 12.3 Å². The highest BCUT2D eigenvalue weighted by molar-refractivity contribution is 9.10. The number of hydrogen-bond donors (Lipinski definition) is 1. The maximum atomic E-state index is 5.09. The van der Waals surface area contributed by atoms with E-state index >= 15 is 0 Å². The molecule has 0 fully saturated rings. The minimum Gasteiger partial charge on any atom is -0.302 e. The van der Waals surface area contributed by atoms with Crippen molar-refractivity contribution in [2.24, 2.45) is 0 Å². The molecule has 0 atom stereocenters. The molecule has 1 heterocycles. The van der Waals surface area contributed by atoms with Gasteiger partial charge in [-0.15, -0.1) is 6.42 Å². The molecule has 1 N–H and O–H groups in total. The third-order valence-corrected chi connectivity index (χ3v) is 1.75. The fourth-order valence-electron chi connectivity index (χ4n) is 0.832. The largest absolute Gasteiger partial charge is 0.302 e. The molecule has 1 rings (SSSR count). The fourth-order valence-corrected chi connectivity index (χ4v) is 1.24. The van der Waals surface area contributed by atoms with Gasteiger partial charge in [0.1, 0.15) is 0 Å². The van der Waals surface area contributed by atoms with E-state index in [9.17, 15) is 0 Å². The summed E-state index contributed by atoms with van der Waals surface area (Å²) in [5.41, 5.74) is 1.12. The number of pyridine rings is 1. The van der Waals surface area contributed by atoms with Crippen molar-refractivity contribution in [1.29, 1.82) is 0 Å². The first kappa shape index (κ1) is 9.24. The number of nitrogens with one attached hydrogen (secondary N) is 1. The minimum absolute atomic E-state index is 0.590. The Balaban J connectivity index is 2.48. The summed E-state index contributed by atoms with van der Waals surface area (Å²) < 4.78 is 0.988. The van der Waals surface area contributed by atoms with Crippen LogP contribution in [0.3, 0.4) is 0 Å². The Hall–Kier alpha value is -0.850. The molecule has 0 saturated heterocycles. The second-order valence-corrected chi connectivity index (χ2v) is 3.23. The van der Waals surface area contributed by atoms with Crippen LogP contribution >= 0.6 is 15.9 Å². The third-order valence-electron chi connectivity index (χ3n) is 1.32. The van der Waals surface area contributed by atoms with Crippen LogP contribution in [-0.2, 0) is 6.54 Å². The first-order chi connectivity index (χ1) is 5.83. The predicted molar refractivity (Wildman–Crippen MR) is 52.5 cm³/mol. The van der Waals surface area contributed by atoms with Crippen molar-refractivity contribution in [3.05, 3.63) is 28.5 Å². The number of terminal acetylenes is 1. The van der Waals surface area contributed by atoms with E-state index in [-0.39, 0.29) is 0 Å². The normalized spacial score (nSPS) is 9.33. The second kappa shape index (κ2) is 4.91. The van der Waals surface area contributed by atoms with Gasteiger partial charge in [0.05, 0.1) is 6.54 Å². The van der Waals surface area contributed by atoms with E-state index in [2.05, 4.69) is 32.2 Å². The van der Waals surface area contributed by atoms with Crippen LogP contribution in [0.1, 0.15) is 5.56 Å². The first-order valence-corrected chi connectivity index (χ1v) is 4.36. The predicted octanol–water partition coefficient (Wildman–Crippen LogP) is 1.57. The van der Waals surface area contributed by atoms with Crippen LogP contribution in [0.2, 0.25) is 0 Å². The molecule has 0 aliphatic heterocycles. The molecular weight excluding hydrogens is 216 g/mol. The lowest BCUT2D eigenvalue weighted by Crippen LogP contribution is -2.12. The molecular formula is C9H9BrN2. The number of aromatic nitrogens is 1. The van der Waals surface area contributed by atoms with Gasteiger partial charge in [0.2, 0.25) is 0 Å². The standard InChI is InChI=1S/C9H9BrN2/c1-2-3-11-5-8-4-9(10)7-12-6-8/h1,4,6-7,11H,3,5H2. The van der Waals surface area contributed by atoms with E-state index in [1.54, 1.807) is 6.20 Å². The van der Waals surface area contributed by atoms with Crippen molar-refractivity contribution in [3.8, 4) is 12.3 Å². The number of halogens is 1. The van der Waals surface area contributed by atoms with Crippen molar-refractivity contribution in [3.63, 3.8) is 0 Å². The van der Waals surface area contributed by atoms with E-state index < -0.39 is 0 Å².